The number of ketones is 2. The van der Waals surface area contributed by atoms with Crippen LogP contribution >= 0.6 is 0 Å². The summed E-state index contributed by atoms with van der Waals surface area (Å²) in [6, 6.07) is 15.4. The Morgan fingerprint density at radius 1 is 0.885 bits per heavy atom. The van der Waals surface area contributed by atoms with Crippen LogP contribution in [0.15, 0.2) is 77.9 Å². The summed E-state index contributed by atoms with van der Waals surface area (Å²) in [5.41, 5.74) is 5.61. The van der Waals surface area contributed by atoms with E-state index in [4.69, 9.17) is 0 Å². The van der Waals surface area contributed by atoms with Gasteiger partial charge in [0.2, 0.25) is 0 Å². The quantitative estimate of drug-likeness (QED) is 0.664. The largest absolute Gasteiger partial charge is 0.289 e. The maximum absolute atomic E-state index is 12.8. The minimum atomic E-state index is -0.0478. The summed E-state index contributed by atoms with van der Waals surface area (Å²) in [5.74, 6) is -0.0897. The molecule has 0 N–H and O–H groups in total. The maximum atomic E-state index is 12.8. The van der Waals surface area contributed by atoms with E-state index in [9.17, 15) is 9.59 Å². The van der Waals surface area contributed by atoms with Gasteiger partial charge in [0.05, 0.1) is 0 Å². The van der Waals surface area contributed by atoms with Gasteiger partial charge in [-0.2, -0.15) is 0 Å². The average molecular weight is 342 g/mol. The molecule has 0 atom stereocenters. The van der Waals surface area contributed by atoms with Crippen LogP contribution in [0.25, 0.3) is 5.57 Å². The normalized spacial score (nSPS) is 15.0. The lowest BCUT2D eigenvalue weighted by Gasteiger charge is -2.18. The summed E-state index contributed by atoms with van der Waals surface area (Å²) >= 11 is 0. The van der Waals surface area contributed by atoms with Crippen molar-refractivity contribution in [3.05, 3.63) is 100 Å². The fraction of sp³-hybridized carbons (Fsp3) is 0.167. The van der Waals surface area contributed by atoms with Crippen molar-refractivity contribution in [3.63, 3.8) is 0 Å². The van der Waals surface area contributed by atoms with Crippen molar-refractivity contribution in [2.75, 3.05) is 0 Å². The minimum absolute atomic E-state index is 0.0419. The van der Waals surface area contributed by atoms with Gasteiger partial charge in [0.15, 0.2) is 11.6 Å². The van der Waals surface area contributed by atoms with Crippen LogP contribution in [0.2, 0.25) is 0 Å². The Morgan fingerprint density at radius 2 is 1.50 bits per heavy atom. The van der Waals surface area contributed by atoms with Crippen molar-refractivity contribution >= 4 is 17.1 Å². The number of rotatable bonds is 4. The van der Waals surface area contributed by atoms with Crippen LogP contribution in [0, 0.1) is 6.92 Å². The molecule has 0 spiro atoms. The van der Waals surface area contributed by atoms with Gasteiger partial charge in [-0.15, -0.1) is 0 Å². The van der Waals surface area contributed by atoms with E-state index < -0.39 is 0 Å². The molecule has 0 fully saturated rings. The monoisotopic (exact) mass is 342 g/mol. The highest BCUT2D eigenvalue weighted by Gasteiger charge is 2.28. The summed E-state index contributed by atoms with van der Waals surface area (Å²) in [6.45, 7) is 5.80. The number of allylic oxidation sites excluding steroid dienone is 6. The van der Waals surface area contributed by atoms with Crippen LogP contribution < -0.4 is 0 Å². The summed E-state index contributed by atoms with van der Waals surface area (Å²) in [7, 11) is 0. The van der Waals surface area contributed by atoms with Crippen molar-refractivity contribution in [1.82, 2.24) is 0 Å². The molecule has 130 valence electrons. The molecule has 0 aromatic heterocycles. The van der Waals surface area contributed by atoms with Gasteiger partial charge in [-0.25, -0.2) is 0 Å². The highest BCUT2D eigenvalue weighted by atomic mass is 16.1. The van der Waals surface area contributed by atoms with E-state index in [2.05, 4.69) is 31.2 Å². The predicted octanol–water partition coefficient (Wildman–Crippen LogP) is 5.74. The molecule has 0 unspecified atom stereocenters. The molecular weight excluding hydrogens is 320 g/mol. The smallest absolute Gasteiger partial charge is 0.190 e. The Hall–Kier alpha value is -3.00. The van der Waals surface area contributed by atoms with Gasteiger partial charge in [-0.3, -0.25) is 9.59 Å². The predicted molar refractivity (Wildman–Crippen MR) is 106 cm³/mol. The fourth-order valence-corrected chi connectivity index (χ4v) is 3.21. The molecule has 0 heterocycles. The standard InChI is InChI=1S/C24H22O2/c1-4-18(19-14-12-16(2)13-15-19)8-7-11-20-17(3)23(25)21-9-5-6-10-22(21)24(20)26/h4-10,12-15H,11H2,1-3H3/b8-7+,18-4+. The van der Waals surface area contributed by atoms with E-state index in [1.54, 1.807) is 31.2 Å². The SMILES string of the molecule is C/C=C(\C=C\CC1=C(C)C(=O)c2ccccc2C1=O)c1ccc(C)cc1. The lowest BCUT2D eigenvalue weighted by molar-refractivity contribution is 0.0973. The van der Waals surface area contributed by atoms with Crippen LogP contribution in [0.5, 0.6) is 0 Å². The molecule has 2 aromatic carbocycles. The van der Waals surface area contributed by atoms with Gasteiger partial charge in [0.1, 0.15) is 0 Å². The molecule has 2 nitrogen and oxygen atoms in total. The molecule has 0 amide bonds. The highest BCUT2D eigenvalue weighted by molar-refractivity contribution is 6.26. The first kappa shape index (κ1) is 17.8. The van der Waals surface area contributed by atoms with E-state index in [0.717, 1.165) is 11.1 Å². The van der Waals surface area contributed by atoms with Crippen LogP contribution in [-0.2, 0) is 0 Å². The molecule has 2 aromatic rings. The molecule has 0 aliphatic heterocycles. The summed E-state index contributed by atoms with van der Waals surface area (Å²) in [6.07, 6.45) is 6.48. The molecule has 3 rings (SSSR count). The second-order valence-corrected chi connectivity index (χ2v) is 6.52. The lowest BCUT2D eigenvalue weighted by atomic mass is 9.83. The van der Waals surface area contributed by atoms with Gasteiger partial charge in [-0.05, 0) is 38.3 Å². The molecule has 1 aliphatic rings. The minimum Gasteiger partial charge on any atom is -0.289 e. The van der Waals surface area contributed by atoms with Crippen molar-refractivity contribution in [2.45, 2.75) is 27.2 Å². The zero-order valence-electron chi connectivity index (χ0n) is 15.4. The Kier molecular flexibility index (Phi) is 5.13. The van der Waals surface area contributed by atoms with Crippen LogP contribution in [0.4, 0.5) is 0 Å². The molecule has 2 heteroatoms. The number of aryl methyl sites for hydroxylation is 1. The Labute approximate surface area is 154 Å². The topological polar surface area (TPSA) is 34.1 Å². The molecule has 0 radical (unpaired) electrons. The number of fused-ring (bicyclic) bond motifs is 1. The van der Waals surface area contributed by atoms with Crippen LogP contribution in [0.3, 0.4) is 0 Å². The maximum Gasteiger partial charge on any atom is 0.190 e. The highest BCUT2D eigenvalue weighted by Crippen LogP contribution is 2.28. The molecular formula is C24H22O2. The number of hydrogen-bond acceptors (Lipinski definition) is 2. The van der Waals surface area contributed by atoms with E-state index in [1.165, 1.54) is 5.56 Å². The molecule has 1 aliphatic carbocycles. The van der Waals surface area contributed by atoms with E-state index in [1.807, 2.05) is 25.2 Å². The first-order chi connectivity index (χ1) is 12.5. The molecule has 0 saturated carbocycles. The Bertz CT molecular complexity index is 954. The van der Waals surface area contributed by atoms with Crippen LogP contribution in [0.1, 0.15) is 52.1 Å². The number of Topliss-reactive ketones (excluding diaryl/α,β-unsaturated/α-hetero) is 2. The van der Waals surface area contributed by atoms with Crippen molar-refractivity contribution in [1.29, 1.82) is 0 Å². The Balaban J connectivity index is 1.83. The lowest BCUT2D eigenvalue weighted by Crippen LogP contribution is -2.20. The first-order valence-corrected chi connectivity index (χ1v) is 8.81. The van der Waals surface area contributed by atoms with E-state index >= 15 is 0 Å². The van der Waals surface area contributed by atoms with Gasteiger partial charge >= 0.3 is 0 Å². The van der Waals surface area contributed by atoms with Gasteiger partial charge < -0.3 is 0 Å². The third-order valence-corrected chi connectivity index (χ3v) is 4.80. The van der Waals surface area contributed by atoms with Gasteiger partial charge in [-0.1, -0.05) is 72.3 Å². The third kappa shape index (κ3) is 3.36. The zero-order valence-corrected chi connectivity index (χ0v) is 15.4. The Morgan fingerprint density at radius 3 is 2.12 bits per heavy atom. The molecule has 0 saturated heterocycles. The third-order valence-electron chi connectivity index (χ3n) is 4.80. The van der Waals surface area contributed by atoms with Crippen molar-refractivity contribution < 1.29 is 9.59 Å². The fourth-order valence-electron chi connectivity index (χ4n) is 3.21. The number of carbonyl (C=O) groups is 2. The number of benzene rings is 2. The van der Waals surface area contributed by atoms with Crippen LogP contribution in [-0.4, -0.2) is 11.6 Å². The summed E-state index contributed by atoms with van der Waals surface area (Å²) < 4.78 is 0. The summed E-state index contributed by atoms with van der Waals surface area (Å²) in [5, 5.41) is 0. The zero-order chi connectivity index (χ0) is 18.7. The average Bonchev–Trinajstić information content (AvgIpc) is 2.67. The van der Waals surface area contributed by atoms with Gasteiger partial charge in [0, 0.05) is 22.3 Å². The van der Waals surface area contributed by atoms with Crippen molar-refractivity contribution in [2.24, 2.45) is 0 Å². The molecule has 26 heavy (non-hydrogen) atoms. The number of hydrogen-bond donors (Lipinski definition) is 0. The first-order valence-electron chi connectivity index (χ1n) is 8.81. The second-order valence-electron chi connectivity index (χ2n) is 6.52. The molecule has 0 bridgehead atoms. The summed E-state index contributed by atoms with van der Waals surface area (Å²) in [4.78, 5) is 25.3. The number of carbonyl (C=O) groups excluding carboxylic acids is 2. The van der Waals surface area contributed by atoms with Crippen molar-refractivity contribution in [3.8, 4) is 0 Å². The van der Waals surface area contributed by atoms with Gasteiger partial charge in [0.25, 0.3) is 0 Å². The van der Waals surface area contributed by atoms with E-state index in [0.29, 0.717) is 28.7 Å². The second kappa shape index (κ2) is 7.49. The van der Waals surface area contributed by atoms with E-state index in [-0.39, 0.29) is 11.6 Å².